The third-order valence-electron chi connectivity index (χ3n) is 3.54. The van der Waals surface area contributed by atoms with Crippen LogP contribution in [0.15, 0.2) is 12.1 Å². The molecule has 1 aliphatic rings. The monoisotopic (exact) mass is 264 g/mol. The van der Waals surface area contributed by atoms with Crippen LogP contribution in [0.4, 0.5) is 5.82 Å². The van der Waals surface area contributed by atoms with Gasteiger partial charge in [-0.25, -0.2) is 9.78 Å². The summed E-state index contributed by atoms with van der Waals surface area (Å²) in [6.07, 6.45) is 0.923. The zero-order valence-corrected chi connectivity index (χ0v) is 11.3. The molecule has 1 aliphatic heterocycles. The number of pyridine rings is 1. The number of carboxylic acids is 1. The van der Waals surface area contributed by atoms with Crippen molar-refractivity contribution in [3.05, 3.63) is 23.4 Å². The van der Waals surface area contributed by atoms with Crippen molar-refractivity contribution in [2.75, 3.05) is 24.6 Å². The first-order valence-corrected chi connectivity index (χ1v) is 6.62. The second-order valence-electron chi connectivity index (χ2n) is 5.38. The smallest absolute Gasteiger partial charge is 0.335 e. The molecule has 0 radical (unpaired) electrons. The lowest BCUT2D eigenvalue weighted by Crippen LogP contribution is -2.22. The lowest BCUT2D eigenvalue weighted by atomic mass is 10.1. The fraction of sp³-hybridized carbons (Fsp3) is 0.571. The van der Waals surface area contributed by atoms with Gasteiger partial charge in [0.15, 0.2) is 0 Å². The van der Waals surface area contributed by atoms with Crippen LogP contribution in [-0.4, -0.2) is 40.9 Å². The first kappa shape index (κ1) is 13.8. The van der Waals surface area contributed by atoms with E-state index in [0.29, 0.717) is 5.82 Å². The average Bonchev–Trinajstić information content (AvgIpc) is 2.86. The maximum Gasteiger partial charge on any atom is 0.335 e. The van der Waals surface area contributed by atoms with Gasteiger partial charge in [-0.05, 0) is 24.5 Å². The van der Waals surface area contributed by atoms with Crippen molar-refractivity contribution in [2.45, 2.75) is 26.2 Å². The zero-order chi connectivity index (χ0) is 14.0. The average molecular weight is 264 g/mol. The van der Waals surface area contributed by atoms with Gasteiger partial charge in [-0.15, -0.1) is 0 Å². The van der Waals surface area contributed by atoms with E-state index in [-0.39, 0.29) is 24.0 Å². The Labute approximate surface area is 112 Å². The number of carboxylic acid groups (broad SMARTS) is 1. The molecule has 104 valence electrons. The van der Waals surface area contributed by atoms with Crippen molar-refractivity contribution in [1.82, 2.24) is 4.98 Å². The second-order valence-corrected chi connectivity index (χ2v) is 5.38. The quantitative estimate of drug-likeness (QED) is 0.866. The van der Waals surface area contributed by atoms with Crippen LogP contribution in [0, 0.1) is 5.92 Å². The van der Waals surface area contributed by atoms with Gasteiger partial charge < -0.3 is 15.1 Å². The van der Waals surface area contributed by atoms with E-state index in [4.69, 9.17) is 0 Å². The Kier molecular flexibility index (Phi) is 4.04. The van der Waals surface area contributed by atoms with E-state index in [1.807, 2.05) is 13.8 Å². The lowest BCUT2D eigenvalue weighted by Gasteiger charge is -2.19. The van der Waals surface area contributed by atoms with Gasteiger partial charge in [0.1, 0.15) is 5.82 Å². The zero-order valence-electron chi connectivity index (χ0n) is 11.3. The Morgan fingerprint density at radius 2 is 2.26 bits per heavy atom. The number of carbonyl (C=O) groups is 1. The summed E-state index contributed by atoms with van der Waals surface area (Å²) in [5.41, 5.74) is 1.07. The highest BCUT2D eigenvalue weighted by atomic mass is 16.4. The SMILES string of the molecule is CC(C)c1cc(C(=O)O)cc(N2CCC(CO)C2)n1. The molecule has 1 atom stereocenters. The number of hydrogen-bond donors (Lipinski definition) is 2. The lowest BCUT2D eigenvalue weighted by molar-refractivity contribution is 0.0696. The van der Waals surface area contributed by atoms with Crippen molar-refractivity contribution in [3.63, 3.8) is 0 Å². The highest BCUT2D eigenvalue weighted by Crippen LogP contribution is 2.25. The third-order valence-corrected chi connectivity index (χ3v) is 3.54. The van der Waals surface area contributed by atoms with Crippen molar-refractivity contribution in [2.24, 2.45) is 5.92 Å². The van der Waals surface area contributed by atoms with Crippen LogP contribution < -0.4 is 4.90 Å². The standard InChI is InChI=1S/C14H20N2O3/c1-9(2)12-5-11(14(18)19)6-13(15-12)16-4-3-10(7-16)8-17/h5-6,9-10,17H,3-4,7-8H2,1-2H3,(H,18,19). The number of aromatic nitrogens is 1. The predicted octanol–water partition coefficient (Wildman–Crippen LogP) is 1.72. The topological polar surface area (TPSA) is 73.7 Å². The maximum atomic E-state index is 11.2. The van der Waals surface area contributed by atoms with Gasteiger partial charge >= 0.3 is 5.97 Å². The Balaban J connectivity index is 2.31. The van der Waals surface area contributed by atoms with Crippen LogP contribution in [0.1, 0.15) is 42.2 Å². The molecule has 1 aromatic rings. The Hall–Kier alpha value is -1.62. The number of anilines is 1. The van der Waals surface area contributed by atoms with Crippen molar-refractivity contribution in [1.29, 1.82) is 0 Å². The van der Waals surface area contributed by atoms with E-state index < -0.39 is 5.97 Å². The first-order valence-electron chi connectivity index (χ1n) is 6.62. The van der Waals surface area contributed by atoms with E-state index in [2.05, 4.69) is 9.88 Å². The minimum atomic E-state index is -0.927. The summed E-state index contributed by atoms with van der Waals surface area (Å²) >= 11 is 0. The molecule has 0 amide bonds. The second kappa shape index (κ2) is 5.57. The first-order chi connectivity index (χ1) is 9.01. The Morgan fingerprint density at radius 1 is 1.53 bits per heavy atom. The van der Waals surface area contributed by atoms with E-state index in [1.165, 1.54) is 0 Å². The molecule has 5 nitrogen and oxygen atoms in total. The molecular formula is C14H20N2O3. The molecule has 0 bridgehead atoms. The van der Waals surface area contributed by atoms with Gasteiger partial charge in [0.25, 0.3) is 0 Å². The number of aliphatic hydroxyl groups excluding tert-OH is 1. The van der Waals surface area contributed by atoms with Crippen molar-refractivity contribution < 1.29 is 15.0 Å². The molecule has 0 spiro atoms. The summed E-state index contributed by atoms with van der Waals surface area (Å²) in [7, 11) is 0. The van der Waals surface area contributed by atoms with Crippen LogP contribution in [0.25, 0.3) is 0 Å². The van der Waals surface area contributed by atoms with Crippen molar-refractivity contribution >= 4 is 11.8 Å². The molecule has 2 heterocycles. The highest BCUT2D eigenvalue weighted by Gasteiger charge is 2.24. The minimum Gasteiger partial charge on any atom is -0.478 e. The minimum absolute atomic E-state index is 0.173. The van der Waals surface area contributed by atoms with Crippen LogP contribution in [-0.2, 0) is 0 Å². The fourth-order valence-corrected chi connectivity index (χ4v) is 2.31. The molecular weight excluding hydrogens is 244 g/mol. The van der Waals surface area contributed by atoms with Crippen LogP contribution in [0.5, 0.6) is 0 Å². The Bertz CT molecular complexity index is 474. The summed E-state index contributed by atoms with van der Waals surface area (Å²) in [5, 5.41) is 18.3. The van der Waals surface area contributed by atoms with E-state index >= 15 is 0 Å². The molecule has 0 saturated carbocycles. The summed E-state index contributed by atoms with van der Waals surface area (Å²) in [4.78, 5) is 17.8. The maximum absolute atomic E-state index is 11.2. The number of hydrogen-bond acceptors (Lipinski definition) is 4. The van der Waals surface area contributed by atoms with E-state index in [1.54, 1.807) is 12.1 Å². The third kappa shape index (κ3) is 3.04. The van der Waals surface area contributed by atoms with Crippen molar-refractivity contribution in [3.8, 4) is 0 Å². The fourth-order valence-electron chi connectivity index (χ4n) is 2.31. The largest absolute Gasteiger partial charge is 0.478 e. The molecule has 5 heteroatoms. The molecule has 19 heavy (non-hydrogen) atoms. The summed E-state index contributed by atoms with van der Waals surface area (Å²) in [5.74, 6) is 0.232. The highest BCUT2D eigenvalue weighted by molar-refractivity contribution is 5.88. The van der Waals surface area contributed by atoms with Gasteiger partial charge in [0.05, 0.1) is 5.56 Å². The van der Waals surface area contributed by atoms with E-state index in [0.717, 1.165) is 25.2 Å². The summed E-state index contributed by atoms with van der Waals surface area (Å²) in [6.45, 7) is 5.73. The molecule has 1 unspecified atom stereocenters. The number of aromatic carboxylic acids is 1. The molecule has 1 fully saturated rings. The summed E-state index contributed by atoms with van der Waals surface area (Å²) < 4.78 is 0. The van der Waals surface area contributed by atoms with Gasteiger partial charge in [0.2, 0.25) is 0 Å². The molecule has 2 N–H and O–H groups in total. The van der Waals surface area contributed by atoms with Crippen LogP contribution >= 0.6 is 0 Å². The van der Waals surface area contributed by atoms with Gasteiger partial charge in [-0.1, -0.05) is 13.8 Å². The Morgan fingerprint density at radius 3 is 2.79 bits per heavy atom. The predicted molar refractivity (Wildman–Crippen MR) is 72.7 cm³/mol. The number of rotatable bonds is 4. The molecule has 0 aliphatic carbocycles. The molecule has 1 saturated heterocycles. The molecule has 1 aromatic heterocycles. The van der Waals surface area contributed by atoms with E-state index in [9.17, 15) is 15.0 Å². The van der Waals surface area contributed by atoms with Crippen LogP contribution in [0.2, 0.25) is 0 Å². The van der Waals surface area contributed by atoms with Gasteiger partial charge in [-0.3, -0.25) is 0 Å². The van der Waals surface area contributed by atoms with Crippen LogP contribution in [0.3, 0.4) is 0 Å². The molecule has 0 aromatic carbocycles. The number of nitrogens with zero attached hydrogens (tertiary/aromatic N) is 2. The van der Waals surface area contributed by atoms with Gasteiger partial charge in [-0.2, -0.15) is 0 Å². The molecule has 2 rings (SSSR count). The summed E-state index contributed by atoms with van der Waals surface area (Å²) in [6, 6.07) is 3.25. The number of aliphatic hydroxyl groups is 1. The normalized spacial score (nSPS) is 19.2. The van der Waals surface area contributed by atoms with Gasteiger partial charge in [0, 0.05) is 31.3 Å².